The Bertz CT molecular complexity index is 1110. The predicted molar refractivity (Wildman–Crippen MR) is 113 cm³/mol. The van der Waals surface area contributed by atoms with Gasteiger partial charge in [0.15, 0.2) is 17.4 Å². The molecule has 3 rings (SSSR count). The van der Waals surface area contributed by atoms with Gasteiger partial charge in [0, 0.05) is 46.4 Å². The molecule has 2 N–H and O–H groups in total. The van der Waals surface area contributed by atoms with E-state index < -0.39 is 29.3 Å². The summed E-state index contributed by atoms with van der Waals surface area (Å²) in [5.74, 6) is -4.46. The van der Waals surface area contributed by atoms with Gasteiger partial charge in [-0.2, -0.15) is 0 Å². The van der Waals surface area contributed by atoms with E-state index in [2.05, 4.69) is 0 Å². The van der Waals surface area contributed by atoms with Crippen molar-refractivity contribution in [2.75, 3.05) is 20.3 Å². The molecule has 0 unspecified atom stereocenters. The Hall–Kier alpha value is -2.75. The molecule has 0 fully saturated rings. The maximum Gasteiger partial charge on any atom is 0.348 e. The molecule has 0 bridgehead atoms. The van der Waals surface area contributed by atoms with E-state index in [-0.39, 0.29) is 23.7 Å². The minimum absolute atomic E-state index is 0.146. The molecule has 0 aliphatic rings. The van der Waals surface area contributed by atoms with Gasteiger partial charge in [-0.1, -0.05) is 17.7 Å². The molecule has 1 amide bonds. The number of primary amides is 1. The van der Waals surface area contributed by atoms with Crippen LogP contribution >= 0.6 is 22.9 Å². The highest BCUT2D eigenvalue weighted by molar-refractivity contribution is 7.21. The van der Waals surface area contributed by atoms with Gasteiger partial charge in [0.05, 0.1) is 6.61 Å². The average Bonchev–Trinajstić information content (AvgIpc) is 3.10. The number of carbonyl (C=O) groups is 2. The zero-order valence-electron chi connectivity index (χ0n) is 16.4. The highest BCUT2D eigenvalue weighted by Crippen LogP contribution is 2.37. The maximum absolute atomic E-state index is 14.3. The number of carbonyl (C=O) groups excluding carboxylic acids is 2. The number of hydrogen-bond donors (Lipinski definition) is 1. The first kappa shape index (κ1) is 22.9. The summed E-state index contributed by atoms with van der Waals surface area (Å²) in [6, 6.07) is 6.69. The fraction of sp³-hybridized carbons (Fsp3) is 0.238. The van der Waals surface area contributed by atoms with Crippen molar-refractivity contribution in [2.45, 2.75) is 13.0 Å². The summed E-state index contributed by atoms with van der Waals surface area (Å²) in [6.07, 6.45) is 0.516. The summed E-state index contributed by atoms with van der Waals surface area (Å²) < 4.78 is 44.8. The standard InChI is InChI=1S/C21H18ClF2NO5S/c1-28-6-3-7-29-21(27)19-12(17-13(22)4-2-5-16(17)31-19)10-30-18-14(23)8-11(20(25)26)9-15(18)24/h2,4-5,8-9H,3,6-7,10H2,1H3,(H2,25,26). The van der Waals surface area contributed by atoms with Crippen LogP contribution < -0.4 is 10.5 Å². The Kier molecular flexibility index (Phi) is 7.42. The van der Waals surface area contributed by atoms with Crippen LogP contribution in [0.25, 0.3) is 10.1 Å². The number of esters is 1. The lowest BCUT2D eigenvalue weighted by Gasteiger charge is -2.11. The van der Waals surface area contributed by atoms with E-state index in [0.29, 0.717) is 33.7 Å². The molecule has 10 heteroatoms. The third kappa shape index (κ3) is 5.12. The quantitative estimate of drug-likeness (QED) is 0.362. The van der Waals surface area contributed by atoms with E-state index in [1.165, 1.54) is 0 Å². The number of hydrogen-bond acceptors (Lipinski definition) is 6. The van der Waals surface area contributed by atoms with E-state index in [9.17, 15) is 18.4 Å². The number of fused-ring (bicyclic) bond motifs is 1. The lowest BCUT2D eigenvalue weighted by Crippen LogP contribution is -2.13. The molecule has 164 valence electrons. The van der Waals surface area contributed by atoms with E-state index >= 15 is 0 Å². The normalized spacial score (nSPS) is 11.0. The first-order valence-corrected chi connectivity index (χ1v) is 10.3. The molecular weight excluding hydrogens is 452 g/mol. The summed E-state index contributed by atoms with van der Waals surface area (Å²) in [5, 5.41) is 0.892. The number of nitrogens with two attached hydrogens (primary N) is 1. The minimum atomic E-state index is -1.09. The van der Waals surface area contributed by atoms with Crippen LogP contribution in [0.3, 0.4) is 0 Å². The van der Waals surface area contributed by atoms with E-state index in [1.807, 2.05) is 0 Å². The molecule has 0 aliphatic carbocycles. The van der Waals surface area contributed by atoms with Gasteiger partial charge >= 0.3 is 5.97 Å². The smallest absolute Gasteiger partial charge is 0.348 e. The van der Waals surface area contributed by atoms with E-state index in [1.54, 1.807) is 25.3 Å². The van der Waals surface area contributed by atoms with Crippen molar-refractivity contribution in [3.05, 3.63) is 63.0 Å². The number of ether oxygens (including phenoxy) is 3. The number of methoxy groups -OCH3 is 1. The fourth-order valence-corrected chi connectivity index (χ4v) is 4.36. The van der Waals surface area contributed by atoms with Crippen molar-refractivity contribution in [1.29, 1.82) is 0 Å². The van der Waals surface area contributed by atoms with Crippen LogP contribution in [-0.2, 0) is 16.1 Å². The number of amides is 1. The number of benzene rings is 2. The first-order valence-electron chi connectivity index (χ1n) is 9.11. The molecule has 0 aliphatic heterocycles. The fourth-order valence-electron chi connectivity index (χ4n) is 2.89. The SMILES string of the molecule is COCCCOC(=O)c1sc2cccc(Cl)c2c1COc1c(F)cc(C(N)=O)cc1F. The lowest BCUT2D eigenvalue weighted by atomic mass is 10.1. The molecule has 0 saturated carbocycles. The molecule has 1 heterocycles. The molecule has 31 heavy (non-hydrogen) atoms. The Morgan fingerprint density at radius 2 is 1.87 bits per heavy atom. The molecule has 3 aromatic rings. The van der Waals surface area contributed by atoms with Gasteiger partial charge in [-0.3, -0.25) is 4.79 Å². The van der Waals surface area contributed by atoms with Gasteiger partial charge in [-0.25, -0.2) is 13.6 Å². The van der Waals surface area contributed by atoms with Crippen molar-refractivity contribution < 1.29 is 32.6 Å². The monoisotopic (exact) mass is 469 g/mol. The molecule has 0 spiro atoms. The molecule has 2 aromatic carbocycles. The number of thiophene rings is 1. The minimum Gasteiger partial charge on any atom is -0.483 e. The third-order valence-electron chi connectivity index (χ3n) is 4.32. The largest absolute Gasteiger partial charge is 0.483 e. The van der Waals surface area contributed by atoms with Crippen molar-refractivity contribution >= 4 is 44.9 Å². The summed E-state index contributed by atoms with van der Waals surface area (Å²) >= 11 is 7.45. The zero-order valence-corrected chi connectivity index (χ0v) is 17.9. The van der Waals surface area contributed by atoms with Gasteiger partial charge in [0.25, 0.3) is 0 Å². The second-order valence-corrected chi connectivity index (χ2v) is 7.89. The van der Waals surface area contributed by atoms with Crippen LogP contribution in [-0.4, -0.2) is 32.2 Å². The second-order valence-electron chi connectivity index (χ2n) is 6.43. The van der Waals surface area contributed by atoms with Crippen LogP contribution in [0.5, 0.6) is 5.75 Å². The van der Waals surface area contributed by atoms with Crippen LogP contribution in [0.15, 0.2) is 30.3 Å². The first-order chi connectivity index (χ1) is 14.8. The van der Waals surface area contributed by atoms with Crippen LogP contribution in [0.4, 0.5) is 8.78 Å². The van der Waals surface area contributed by atoms with E-state index in [4.69, 9.17) is 31.5 Å². The summed E-state index contributed by atoms with van der Waals surface area (Å²) in [7, 11) is 1.54. The highest BCUT2D eigenvalue weighted by atomic mass is 35.5. The van der Waals surface area contributed by atoms with Gasteiger partial charge in [-0.05, 0) is 24.3 Å². The number of rotatable bonds is 9. The Labute approximate surface area is 185 Å². The van der Waals surface area contributed by atoms with Crippen molar-refractivity contribution in [1.82, 2.24) is 0 Å². The Morgan fingerprint density at radius 1 is 1.16 bits per heavy atom. The maximum atomic E-state index is 14.3. The molecule has 0 atom stereocenters. The molecule has 1 aromatic heterocycles. The Balaban J connectivity index is 1.92. The van der Waals surface area contributed by atoms with Crippen LogP contribution in [0.2, 0.25) is 5.02 Å². The third-order valence-corrected chi connectivity index (χ3v) is 5.81. The van der Waals surface area contributed by atoms with Crippen molar-refractivity contribution in [3.63, 3.8) is 0 Å². The van der Waals surface area contributed by atoms with Crippen LogP contribution in [0.1, 0.15) is 32.0 Å². The highest BCUT2D eigenvalue weighted by Gasteiger charge is 2.23. The van der Waals surface area contributed by atoms with Gasteiger partial charge in [0.2, 0.25) is 5.91 Å². The van der Waals surface area contributed by atoms with Crippen molar-refractivity contribution in [3.8, 4) is 5.75 Å². The topological polar surface area (TPSA) is 87.8 Å². The summed E-state index contributed by atoms with van der Waals surface area (Å²) in [5.41, 5.74) is 5.08. The molecule has 0 radical (unpaired) electrons. The summed E-state index contributed by atoms with van der Waals surface area (Å²) in [4.78, 5) is 24.0. The Morgan fingerprint density at radius 3 is 2.52 bits per heavy atom. The van der Waals surface area contributed by atoms with Gasteiger partial charge < -0.3 is 19.9 Å². The molecule has 0 saturated heterocycles. The second kappa shape index (κ2) is 10.0. The lowest BCUT2D eigenvalue weighted by molar-refractivity contribution is 0.0471. The average molecular weight is 470 g/mol. The molecule has 6 nitrogen and oxygen atoms in total. The van der Waals surface area contributed by atoms with Crippen LogP contribution in [0, 0.1) is 11.6 Å². The zero-order chi connectivity index (χ0) is 22.5. The van der Waals surface area contributed by atoms with Gasteiger partial charge in [0.1, 0.15) is 11.5 Å². The van der Waals surface area contributed by atoms with Gasteiger partial charge in [-0.15, -0.1) is 11.3 Å². The number of halogens is 3. The van der Waals surface area contributed by atoms with Crippen molar-refractivity contribution in [2.24, 2.45) is 5.73 Å². The van der Waals surface area contributed by atoms with E-state index in [0.717, 1.165) is 23.5 Å². The summed E-state index contributed by atoms with van der Waals surface area (Å²) in [6.45, 7) is 0.226. The molecular formula is C21H18ClF2NO5S. The predicted octanol–water partition coefficient (Wildman–Crippen LogP) is 4.70.